The number of rotatable bonds is 4. The van der Waals surface area contributed by atoms with Crippen LogP contribution in [0.2, 0.25) is 0 Å². The minimum Gasteiger partial charge on any atom is -0.338 e. The van der Waals surface area contributed by atoms with Gasteiger partial charge in [0, 0.05) is 37.6 Å². The van der Waals surface area contributed by atoms with Crippen molar-refractivity contribution in [3.05, 3.63) is 30.1 Å². The second-order valence-corrected chi connectivity index (χ2v) is 7.57. The zero-order valence-corrected chi connectivity index (χ0v) is 14.4. The molecule has 4 nitrogen and oxygen atoms in total. The van der Waals surface area contributed by atoms with E-state index in [1.807, 2.05) is 17.0 Å². The summed E-state index contributed by atoms with van der Waals surface area (Å²) < 4.78 is 0. The molecule has 0 saturated carbocycles. The molecular formula is C19H29N3O. The Balaban J connectivity index is 1.50. The largest absolute Gasteiger partial charge is 0.338 e. The Kier molecular flexibility index (Phi) is 5.31. The summed E-state index contributed by atoms with van der Waals surface area (Å²) in [4.78, 5) is 21.2. The number of hydrogen-bond acceptors (Lipinski definition) is 3. The molecule has 1 aromatic rings. The fourth-order valence-corrected chi connectivity index (χ4v) is 4.16. The van der Waals surface area contributed by atoms with E-state index in [0.29, 0.717) is 5.92 Å². The van der Waals surface area contributed by atoms with Gasteiger partial charge in [0.25, 0.3) is 5.91 Å². The average molecular weight is 315 g/mol. The van der Waals surface area contributed by atoms with Crippen molar-refractivity contribution in [1.82, 2.24) is 14.8 Å². The molecule has 2 saturated heterocycles. The molecule has 4 heteroatoms. The molecule has 0 N–H and O–H groups in total. The number of nitrogens with zero attached hydrogens (tertiary/aromatic N) is 3. The minimum atomic E-state index is 0.173. The maximum Gasteiger partial charge on any atom is 0.253 e. The summed E-state index contributed by atoms with van der Waals surface area (Å²) in [6.45, 7) is 10.1. The van der Waals surface area contributed by atoms with E-state index in [9.17, 15) is 4.79 Å². The Morgan fingerprint density at radius 1 is 1.13 bits per heavy atom. The molecule has 0 aromatic carbocycles. The van der Waals surface area contributed by atoms with E-state index in [4.69, 9.17) is 0 Å². The topological polar surface area (TPSA) is 36.4 Å². The van der Waals surface area contributed by atoms with E-state index in [1.165, 1.54) is 38.9 Å². The van der Waals surface area contributed by atoms with Gasteiger partial charge in [-0.2, -0.15) is 0 Å². The summed E-state index contributed by atoms with van der Waals surface area (Å²) in [5.41, 5.74) is 0.771. The number of carbonyl (C=O) groups is 1. The van der Waals surface area contributed by atoms with Gasteiger partial charge in [-0.15, -0.1) is 0 Å². The Hall–Kier alpha value is -1.42. The number of piperidine rings is 1. The van der Waals surface area contributed by atoms with Gasteiger partial charge in [0.1, 0.15) is 0 Å². The lowest BCUT2D eigenvalue weighted by Gasteiger charge is -2.35. The lowest BCUT2D eigenvalue weighted by Crippen LogP contribution is -2.39. The summed E-state index contributed by atoms with van der Waals surface area (Å²) in [7, 11) is 0. The molecule has 2 aliphatic heterocycles. The van der Waals surface area contributed by atoms with Gasteiger partial charge in [0.15, 0.2) is 0 Å². The highest BCUT2D eigenvalue weighted by atomic mass is 16.2. The number of carbonyl (C=O) groups excluding carboxylic acids is 1. The lowest BCUT2D eigenvalue weighted by atomic mass is 9.83. The number of likely N-dealkylation sites (tertiary alicyclic amines) is 2. The van der Waals surface area contributed by atoms with E-state index in [1.54, 1.807) is 12.4 Å². The first-order valence-corrected chi connectivity index (χ1v) is 9.05. The van der Waals surface area contributed by atoms with Crippen LogP contribution in [0, 0.1) is 17.8 Å². The van der Waals surface area contributed by atoms with Gasteiger partial charge in [-0.3, -0.25) is 9.78 Å². The zero-order chi connectivity index (χ0) is 16.2. The molecule has 1 atom stereocenters. The third-order valence-corrected chi connectivity index (χ3v) is 5.36. The van der Waals surface area contributed by atoms with Crippen molar-refractivity contribution in [2.75, 3.05) is 32.7 Å². The molecule has 2 fully saturated rings. The molecule has 0 aliphatic carbocycles. The summed E-state index contributed by atoms with van der Waals surface area (Å²) in [6.07, 6.45) is 7.17. The zero-order valence-electron chi connectivity index (χ0n) is 14.4. The highest BCUT2D eigenvalue weighted by molar-refractivity contribution is 5.94. The SMILES string of the molecule is CC(C)CN1CCC([C@@H]2CCN(C(=O)c3ccncc3)C2)CC1. The number of hydrogen-bond donors (Lipinski definition) is 0. The van der Waals surface area contributed by atoms with Crippen LogP contribution < -0.4 is 0 Å². The fraction of sp³-hybridized carbons (Fsp3) is 0.684. The normalized spacial score (nSPS) is 23.6. The maximum absolute atomic E-state index is 12.5. The van der Waals surface area contributed by atoms with Crippen LogP contribution in [0.15, 0.2) is 24.5 Å². The molecule has 3 heterocycles. The van der Waals surface area contributed by atoms with Gasteiger partial charge in [-0.25, -0.2) is 0 Å². The number of amides is 1. The Bertz CT molecular complexity index is 509. The van der Waals surface area contributed by atoms with Crippen LogP contribution >= 0.6 is 0 Å². The van der Waals surface area contributed by atoms with Crippen molar-refractivity contribution in [2.24, 2.45) is 17.8 Å². The van der Waals surface area contributed by atoms with Crippen LogP contribution in [-0.4, -0.2) is 53.4 Å². The third-order valence-electron chi connectivity index (χ3n) is 5.36. The molecule has 1 amide bonds. The highest BCUT2D eigenvalue weighted by Crippen LogP contribution is 2.32. The van der Waals surface area contributed by atoms with Crippen molar-refractivity contribution >= 4 is 5.91 Å². The number of pyridine rings is 1. The predicted molar refractivity (Wildman–Crippen MR) is 92.2 cm³/mol. The maximum atomic E-state index is 12.5. The van der Waals surface area contributed by atoms with Crippen LogP contribution in [0.3, 0.4) is 0 Å². The standard InChI is InChI=1S/C19H29N3O/c1-15(2)13-21-10-5-16(6-11-21)18-7-12-22(14-18)19(23)17-3-8-20-9-4-17/h3-4,8-9,15-16,18H,5-7,10-14H2,1-2H3/t18-/m1/s1. The van der Waals surface area contributed by atoms with Crippen LogP contribution in [0.5, 0.6) is 0 Å². The summed E-state index contributed by atoms with van der Waals surface area (Å²) in [5.74, 6) is 2.43. The quantitative estimate of drug-likeness (QED) is 0.857. The smallest absolute Gasteiger partial charge is 0.253 e. The first-order valence-electron chi connectivity index (χ1n) is 9.05. The van der Waals surface area contributed by atoms with Crippen LogP contribution in [-0.2, 0) is 0 Å². The van der Waals surface area contributed by atoms with Gasteiger partial charge >= 0.3 is 0 Å². The molecule has 23 heavy (non-hydrogen) atoms. The van der Waals surface area contributed by atoms with E-state index in [-0.39, 0.29) is 5.91 Å². The fourth-order valence-electron chi connectivity index (χ4n) is 4.16. The second-order valence-electron chi connectivity index (χ2n) is 7.57. The molecule has 0 spiro atoms. The van der Waals surface area contributed by atoms with Gasteiger partial charge < -0.3 is 9.80 Å². The van der Waals surface area contributed by atoms with E-state index >= 15 is 0 Å². The van der Waals surface area contributed by atoms with E-state index in [0.717, 1.165) is 30.5 Å². The van der Waals surface area contributed by atoms with Crippen LogP contribution in [0.4, 0.5) is 0 Å². The molecule has 1 aromatic heterocycles. The molecule has 0 radical (unpaired) electrons. The molecule has 126 valence electrons. The molecule has 0 bridgehead atoms. The molecule has 2 aliphatic rings. The summed E-state index contributed by atoms with van der Waals surface area (Å²) >= 11 is 0. The lowest BCUT2D eigenvalue weighted by molar-refractivity contribution is 0.0772. The Morgan fingerprint density at radius 3 is 2.43 bits per heavy atom. The van der Waals surface area contributed by atoms with Crippen LogP contribution in [0.25, 0.3) is 0 Å². The first-order chi connectivity index (χ1) is 11.1. The van der Waals surface area contributed by atoms with Crippen molar-refractivity contribution in [3.8, 4) is 0 Å². The monoisotopic (exact) mass is 315 g/mol. The first kappa shape index (κ1) is 16.4. The highest BCUT2D eigenvalue weighted by Gasteiger charge is 2.33. The average Bonchev–Trinajstić information content (AvgIpc) is 3.05. The van der Waals surface area contributed by atoms with Gasteiger partial charge in [-0.05, 0) is 62.2 Å². The van der Waals surface area contributed by atoms with E-state index < -0.39 is 0 Å². The third kappa shape index (κ3) is 4.11. The van der Waals surface area contributed by atoms with Gasteiger partial charge in [-0.1, -0.05) is 13.8 Å². The molecule has 0 unspecified atom stereocenters. The van der Waals surface area contributed by atoms with Crippen LogP contribution in [0.1, 0.15) is 43.5 Å². The van der Waals surface area contributed by atoms with Crippen molar-refractivity contribution < 1.29 is 4.79 Å². The number of aromatic nitrogens is 1. The van der Waals surface area contributed by atoms with Crippen molar-refractivity contribution in [2.45, 2.75) is 33.1 Å². The van der Waals surface area contributed by atoms with Crippen molar-refractivity contribution in [1.29, 1.82) is 0 Å². The predicted octanol–water partition coefficient (Wildman–Crippen LogP) is 2.91. The summed E-state index contributed by atoms with van der Waals surface area (Å²) in [5, 5.41) is 0. The Labute approximate surface area is 139 Å². The molecule has 3 rings (SSSR count). The van der Waals surface area contributed by atoms with E-state index in [2.05, 4.69) is 23.7 Å². The molecular weight excluding hydrogens is 286 g/mol. The van der Waals surface area contributed by atoms with Gasteiger partial charge in [0.05, 0.1) is 0 Å². The Morgan fingerprint density at radius 2 is 1.78 bits per heavy atom. The minimum absolute atomic E-state index is 0.173. The van der Waals surface area contributed by atoms with Gasteiger partial charge in [0.2, 0.25) is 0 Å². The summed E-state index contributed by atoms with van der Waals surface area (Å²) in [6, 6.07) is 3.64. The second kappa shape index (κ2) is 7.43. The van der Waals surface area contributed by atoms with Crippen molar-refractivity contribution in [3.63, 3.8) is 0 Å².